The summed E-state index contributed by atoms with van der Waals surface area (Å²) < 4.78 is 27.5. The monoisotopic (exact) mass is 394 g/mol. The standard InChI is InChI=1S/C19H30N4O3S/c1-3-4-14(2)22-27(25,26)17-7-8-18(20-13-17)23-11-9-15(10-12-23)19(24)21-16-5-6-16/h7-8,13-16,22H,3-6,9-12H2,1-2H3,(H,21,24). The van der Waals surface area contributed by atoms with Gasteiger partial charge in [0.15, 0.2) is 0 Å². The molecule has 2 aliphatic rings. The second-order valence-corrected chi connectivity index (χ2v) is 9.42. The summed E-state index contributed by atoms with van der Waals surface area (Å²) in [7, 11) is -3.54. The Morgan fingerprint density at radius 3 is 2.52 bits per heavy atom. The van der Waals surface area contributed by atoms with Crippen molar-refractivity contribution in [2.75, 3.05) is 18.0 Å². The van der Waals surface area contributed by atoms with Gasteiger partial charge in [0.1, 0.15) is 10.7 Å². The lowest BCUT2D eigenvalue weighted by molar-refractivity contribution is -0.125. The molecule has 1 aromatic rings. The molecule has 1 aliphatic heterocycles. The summed E-state index contributed by atoms with van der Waals surface area (Å²) >= 11 is 0. The van der Waals surface area contributed by atoms with Gasteiger partial charge in [-0.25, -0.2) is 18.1 Å². The van der Waals surface area contributed by atoms with Gasteiger partial charge in [-0.3, -0.25) is 4.79 Å². The van der Waals surface area contributed by atoms with Crippen molar-refractivity contribution in [3.8, 4) is 0 Å². The summed E-state index contributed by atoms with van der Waals surface area (Å²) in [6, 6.07) is 3.67. The number of sulfonamides is 1. The third-order valence-electron chi connectivity index (χ3n) is 5.22. The van der Waals surface area contributed by atoms with Crippen molar-refractivity contribution < 1.29 is 13.2 Å². The van der Waals surface area contributed by atoms with Gasteiger partial charge in [0, 0.05) is 37.3 Å². The minimum atomic E-state index is -3.54. The van der Waals surface area contributed by atoms with E-state index in [1.807, 2.05) is 13.8 Å². The topological polar surface area (TPSA) is 91.4 Å². The summed E-state index contributed by atoms with van der Waals surface area (Å²) in [5.74, 6) is 1.01. The minimum Gasteiger partial charge on any atom is -0.357 e. The predicted octanol–water partition coefficient (Wildman–Crippen LogP) is 2.04. The molecule has 1 saturated heterocycles. The number of anilines is 1. The van der Waals surface area contributed by atoms with E-state index >= 15 is 0 Å². The second-order valence-electron chi connectivity index (χ2n) is 7.71. The number of nitrogens with zero attached hydrogens (tertiary/aromatic N) is 2. The van der Waals surface area contributed by atoms with E-state index < -0.39 is 10.0 Å². The lowest BCUT2D eigenvalue weighted by Crippen LogP contribution is -2.41. The number of pyridine rings is 1. The molecule has 1 aliphatic carbocycles. The zero-order valence-electron chi connectivity index (χ0n) is 16.1. The number of carbonyl (C=O) groups is 1. The van der Waals surface area contributed by atoms with Gasteiger partial charge in [-0.05, 0) is 51.2 Å². The van der Waals surface area contributed by atoms with Gasteiger partial charge in [0.2, 0.25) is 15.9 Å². The van der Waals surface area contributed by atoms with E-state index in [4.69, 9.17) is 0 Å². The molecule has 1 unspecified atom stereocenters. The number of nitrogens with one attached hydrogen (secondary N) is 2. The van der Waals surface area contributed by atoms with Crippen molar-refractivity contribution >= 4 is 21.7 Å². The quantitative estimate of drug-likeness (QED) is 0.704. The molecule has 8 heteroatoms. The maximum Gasteiger partial charge on any atom is 0.242 e. The molecule has 3 rings (SSSR count). The fourth-order valence-corrected chi connectivity index (χ4v) is 4.68. The smallest absolute Gasteiger partial charge is 0.242 e. The van der Waals surface area contributed by atoms with Gasteiger partial charge in [0.25, 0.3) is 0 Å². The summed E-state index contributed by atoms with van der Waals surface area (Å²) in [5, 5.41) is 3.08. The summed E-state index contributed by atoms with van der Waals surface area (Å²) in [5.41, 5.74) is 0. The van der Waals surface area contributed by atoms with Crippen LogP contribution in [0.15, 0.2) is 23.2 Å². The van der Waals surface area contributed by atoms with Crippen LogP contribution < -0.4 is 14.9 Å². The molecule has 0 spiro atoms. The Kier molecular flexibility index (Phi) is 6.37. The molecule has 0 bridgehead atoms. The number of hydrogen-bond donors (Lipinski definition) is 2. The number of aromatic nitrogens is 1. The molecule has 2 fully saturated rings. The number of amides is 1. The van der Waals surface area contributed by atoms with Crippen LogP contribution in [-0.4, -0.2) is 44.5 Å². The van der Waals surface area contributed by atoms with E-state index in [9.17, 15) is 13.2 Å². The normalized spacial score (nSPS) is 19.7. The van der Waals surface area contributed by atoms with Gasteiger partial charge >= 0.3 is 0 Å². The molecule has 2 heterocycles. The number of carbonyl (C=O) groups excluding carboxylic acids is 1. The van der Waals surface area contributed by atoms with Gasteiger partial charge in [-0.2, -0.15) is 0 Å². The maximum absolute atomic E-state index is 12.4. The number of hydrogen-bond acceptors (Lipinski definition) is 5. The SMILES string of the molecule is CCCC(C)NS(=O)(=O)c1ccc(N2CCC(C(=O)NC3CC3)CC2)nc1. The van der Waals surface area contributed by atoms with Crippen molar-refractivity contribution in [2.24, 2.45) is 5.92 Å². The maximum atomic E-state index is 12.4. The summed E-state index contributed by atoms with van der Waals surface area (Å²) in [4.78, 5) is 18.8. The molecule has 2 N–H and O–H groups in total. The molecule has 1 atom stereocenters. The van der Waals surface area contributed by atoms with E-state index in [1.165, 1.54) is 6.20 Å². The van der Waals surface area contributed by atoms with E-state index in [2.05, 4.69) is 19.9 Å². The zero-order valence-corrected chi connectivity index (χ0v) is 17.0. The van der Waals surface area contributed by atoms with Crippen LogP contribution in [0.4, 0.5) is 5.82 Å². The molecule has 0 aromatic carbocycles. The largest absolute Gasteiger partial charge is 0.357 e. The first-order valence-corrected chi connectivity index (χ1v) is 11.4. The van der Waals surface area contributed by atoms with Crippen LogP contribution in [0.25, 0.3) is 0 Å². The first-order valence-electron chi connectivity index (χ1n) is 9.92. The Morgan fingerprint density at radius 1 is 1.26 bits per heavy atom. The highest BCUT2D eigenvalue weighted by Crippen LogP contribution is 2.25. The Balaban J connectivity index is 1.55. The number of rotatable bonds is 8. The van der Waals surface area contributed by atoms with Crippen LogP contribution >= 0.6 is 0 Å². The summed E-state index contributed by atoms with van der Waals surface area (Å²) in [6.07, 6.45) is 6.96. The molecule has 7 nitrogen and oxygen atoms in total. The molecular formula is C19H30N4O3S. The van der Waals surface area contributed by atoms with Gasteiger partial charge in [0.05, 0.1) is 0 Å². The summed E-state index contributed by atoms with van der Waals surface area (Å²) in [6.45, 7) is 5.41. The van der Waals surface area contributed by atoms with E-state index in [0.717, 1.165) is 57.4 Å². The highest BCUT2D eigenvalue weighted by Gasteiger charge is 2.30. The molecule has 27 heavy (non-hydrogen) atoms. The Hall–Kier alpha value is -1.67. The lowest BCUT2D eigenvalue weighted by atomic mass is 9.96. The first kappa shape index (κ1) is 20.1. The molecule has 0 radical (unpaired) electrons. The molecule has 150 valence electrons. The molecule has 1 amide bonds. The third-order valence-corrected chi connectivity index (χ3v) is 6.80. The average molecular weight is 395 g/mol. The fourth-order valence-electron chi connectivity index (χ4n) is 3.46. The molecular weight excluding hydrogens is 364 g/mol. The van der Waals surface area contributed by atoms with Crippen molar-refractivity contribution in [1.82, 2.24) is 15.0 Å². The van der Waals surface area contributed by atoms with Crippen LogP contribution in [0.3, 0.4) is 0 Å². The highest BCUT2D eigenvalue weighted by atomic mass is 32.2. The highest BCUT2D eigenvalue weighted by molar-refractivity contribution is 7.89. The fraction of sp³-hybridized carbons (Fsp3) is 0.684. The van der Waals surface area contributed by atoms with Crippen molar-refractivity contribution in [3.63, 3.8) is 0 Å². The van der Waals surface area contributed by atoms with Crippen molar-refractivity contribution in [3.05, 3.63) is 18.3 Å². The van der Waals surface area contributed by atoms with Gasteiger partial charge in [-0.15, -0.1) is 0 Å². The van der Waals surface area contributed by atoms with E-state index in [1.54, 1.807) is 12.1 Å². The Bertz CT molecular complexity index is 739. The number of piperidine rings is 1. The van der Waals surface area contributed by atoms with Gasteiger partial charge in [-0.1, -0.05) is 13.3 Å². The Labute approximate surface area is 162 Å². The van der Waals surface area contributed by atoms with Crippen LogP contribution in [0, 0.1) is 5.92 Å². The van der Waals surface area contributed by atoms with E-state index in [0.29, 0.717) is 6.04 Å². The van der Waals surface area contributed by atoms with Crippen molar-refractivity contribution in [2.45, 2.75) is 69.4 Å². The van der Waals surface area contributed by atoms with Gasteiger partial charge < -0.3 is 10.2 Å². The van der Waals surface area contributed by atoms with Crippen LogP contribution in [0.1, 0.15) is 52.4 Å². The van der Waals surface area contributed by atoms with Crippen LogP contribution in [0.5, 0.6) is 0 Å². The van der Waals surface area contributed by atoms with Crippen LogP contribution in [0.2, 0.25) is 0 Å². The minimum absolute atomic E-state index is 0.0748. The van der Waals surface area contributed by atoms with Crippen LogP contribution in [-0.2, 0) is 14.8 Å². The lowest BCUT2D eigenvalue weighted by Gasteiger charge is -2.32. The zero-order chi connectivity index (χ0) is 19.4. The Morgan fingerprint density at radius 2 is 1.96 bits per heavy atom. The molecule has 1 aromatic heterocycles. The average Bonchev–Trinajstić information content (AvgIpc) is 3.46. The predicted molar refractivity (Wildman–Crippen MR) is 105 cm³/mol. The second kappa shape index (κ2) is 8.56. The van der Waals surface area contributed by atoms with Crippen molar-refractivity contribution in [1.29, 1.82) is 0 Å². The first-order chi connectivity index (χ1) is 12.9. The third kappa shape index (κ3) is 5.42. The molecule has 1 saturated carbocycles. The van der Waals surface area contributed by atoms with E-state index in [-0.39, 0.29) is 22.8 Å².